The summed E-state index contributed by atoms with van der Waals surface area (Å²) >= 11 is 0. The van der Waals surface area contributed by atoms with Gasteiger partial charge in [-0.1, -0.05) is 204 Å². The van der Waals surface area contributed by atoms with Crippen LogP contribution in [0.3, 0.4) is 0 Å². The fourth-order valence-electron chi connectivity index (χ4n) is 8.01. The zero-order valence-corrected chi connectivity index (χ0v) is 27.7. The van der Waals surface area contributed by atoms with Crippen LogP contribution < -0.4 is 0 Å². The summed E-state index contributed by atoms with van der Waals surface area (Å²) in [6, 6.07) is 60.0. The third-order valence-corrected chi connectivity index (χ3v) is 10.2. The van der Waals surface area contributed by atoms with Crippen molar-refractivity contribution in [3.05, 3.63) is 201 Å². The second-order valence-electron chi connectivity index (χ2n) is 12.9. The van der Waals surface area contributed by atoms with Gasteiger partial charge < -0.3 is 0 Å². The van der Waals surface area contributed by atoms with Crippen LogP contribution in [0, 0.1) is 0 Å². The first-order valence-electron chi connectivity index (χ1n) is 17.2. The molecule has 0 saturated heterocycles. The summed E-state index contributed by atoms with van der Waals surface area (Å²) in [6.45, 7) is 8.09. The average molecular weight is 667 g/mol. The van der Waals surface area contributed by atoms with Gasteiger partial charge >= 0.3 is 0 Å². The van der Waals surface area contributed by atoms with Gasteiger partial charge in [0.25, 0.3) is 0 Å². The van der Waals surface area contributed by atoms with Crippen molar-refractivity contribution in [3.63, 3.8) is 0 Å². The maximum absolute atomic E-state index is 4.13. The molecule has 9 aromatic rings. The second kappa shape index (κ2) is 14.0. The molecule has 250 valence electrons. The molecule has 0 unspecified atom stereocenters. The quantitative estimate of drug-likeness (QED) is 0.0941. The summed E-state index contributed by atoms with van der Waals surface area (Å²) in [4.78, 5) is 0. The molecular weight excluding hydrogens is 625 g/mol. The monoisotopic (exact) mass is 666 g/mol. The molecule has 0 spiro atoms. The average Bonchev–Trinajstić information content (AvgIpc) is 3.18. The van der Waals surface area contributed by atoms with E-state index in [1.165, 1.54) is 87.2 Å². The fraction of sp³-hybridized carbons (Fsp3) is 0.0385. The van der Waals surface area contributed by atoms with Crippen LogP contribution in [0.25, 0.3) is 92.8 Å². The van der Waals surface area contributed by atoms with E-state index >= 15 is 0 Å². The number of benzene rings is 9. The molecule has 0 amide bonds. The topological polar surface area (TPSA) is 0 Å². The maximum Gasteiger partial charge on any atom is -0.00201 e. The molecule has 0 radical (unpaired) electrons. The molecule has 0 saturated carbocycles. The van der Waals surface area contributed by atoms with Gasteiger partial charge in [-0.15, -0.1) is 0 Å². The van der Waals surface area contributed by atoms with Crippen molar-refractivity contribution in [2.75, 3.05) is 0 Å². The largest absolute Gasteiger partial charge is 0.0990 e. The van der Waals surface area contributed by atoms with Gasteiger partial charge in [-0.3, -0.25) is 0 Å². The molecule has 9 aromatic carbocycles. The van der Waals surface area contributed by atoms with Crippen molar-refractivity contribution in [2.45, 2.75) is 14.9 Å². The number of allylic oxidation sites excluding steroid dienone is 4. The van der Waals surface area contributed by atoms with Gasteiger partial charge in [-0.05, 0) is 104 Å². The van der Waals surface area contributed by atoms with Gasteiger partial charge in [0, 0.05) is 0 Å². The van der Waals surface area contributed by atoms with Crippen molar-refractivity contribution < 1.29 is 0 Å². The van der Waals surface area contributed by atoms with Gasteiger partial charge in [0.05, 0.1) is 0 Å². The molecule has 0 nitrogen and oxygen atoms in total. The predicted octanol–water partition coefficient (Wildman–Crippen LogP) is 15.5. The van der Waals surface area contributed by atoms with Gasteiger partial charge in [-0.2, -0.15) is 0 Å². The van der Waals surface area contributed by atoms with E-state index in [0.717, 1.165) is 11.1 Å². The lowest BCUT2D eigenvalue weighted by molar-refractivity contribution is 1.60. The number of fused-ring (bicyclic) bond motifs is 6. The lowest BCUT2D eigenvalue weighted by Gasteiger charge is -2.20. The van der Waals surface area contributed by atoms with Crippen LogP contribution in [0.15, 0.2) is 195 Å². The first-order valence-corrected chi connectivity index (χ1v) is 17.2. The van der Waals surface area contributed by atoms with E-state index in [1.807, 2.05) is 18.2 Å². The highest BCUT2D eigenvalue weighted by Crippen LogP contribution is 2.46. The maximum atomic E-state index is 4.13. The van der Waals surface area contributed by atoms with E-state index in [0.29, 0.717) is 0 Å². The molecule has 9 rings (SSSR count). The van der Waals surface area contributed by atoms with Gasteiger partial charge in [0.1, 0.15) is 0 Å². The van der Waals surface area contributed by atoms with Crippen LogP contribution in [-0.2, 0) is 0 Å². The Hall–Kier alpha value is -6.50. The van der Waals surface area contributed by atoms with Crippen molar-refractivity contribution in [2.24, 2.45) is 0 Å². The van der Waals surface area contributed by atoms with Gasteiger partial charge in [0.15, 0.2) is 0 Å². The minimum Gasteiger partial charge on any atom is -0.0990 e. The Morgan fingerprint density at radius 1 is 0.385 bits per heavy atom. The standard InChI is InChI=1S/C50H34.2CH4/c1-3-15-33(4-2)38-18-9-10-21-41(38)50-44-24-13-11-22-42(44)49(43-23-12-14-25-45(43)50)36-28-26-35(27-29-36)48-40-20-8-6-17-37(40)32-47-39-19-7-5-16-34(39)30-31-46(47)48;;/h3-32H,1-2H2;2*1H4/b33-15+;;. The van der Waals surface area contributed by atoms with Crippen LogP contribution >= 0.6 is 0 Å². The van der Waals surface area contributed by atoms with Crippen LogP contribution in [0.4, 0.5) is 0 Å². The highest BCUT2D eigenvalue weighted by molar-refractivity contribution is 6.23. The minimum absolute atomic E-state index is 0. The zero-order chi connectivity index (χ0) is 33.6. The molecule has 0 bridgehead atoms. The fourth-order valence-corrected chi connectivity index (χ4v) is 8.01. The van der Waals surface area contributed by atoms with Crippen LogP contribution in [-0.4, -0.2) is 0 Å². The van der Waals surface area contributed by atoms with E-state index in [1.54, 1.807) is 0 Å². The van der Waals surface area contributed by atoms with E-state index in [4.69, 9.17) is 0 Å². The lowest BCUT2D eigenvalue weighted by Crippen LogP contribution is -1.94. The lowest BCUT2D eigenvalue weighted by atomic mass is 9.83. The van der Waals surface area contributed by atoms with E-state index in [2.05, 4.69) is 177 Å². The Morgan fingerprint density at radius 3 is 1.44 bits per heavy atom. The highest BCUT2D eigenvalue weighted by Gasteiger charge is 2.19. The third kappa shape index (κ3) is 5.41. The summed E-state index contributed by atoms with van der Waals surface area (Å²) in [5, 5.41) is 12.6. The van der Waals surface area contributed by atoms with Gasteiger partial charge in [-0.25, -0.2) is 0 Å². The third-order valence-electron chi connectivity index (χ3n) is 10.2. The summed E-state index contributed by atoms with van der Waals surface area (Å²) in [7, 11) is 0. The van der Waals surface area contributed by atoms with Crippen LogP contribution in [0.1, 0.15) is 20.4 Å². The van der Waals surface area contributed by atoms with Gasteiger partial charge in [0.2, 0.25) is 0 Å². The van der Waals surface area contributed by atoms with E-state index in [-0.39, 0.29) is 14.9 Å². The van der Waals surface area contributed by atoms with E-state index in [9.17, 15) is 0 Å². The Balaban J connectivity index is 0.00000210. The Bertz CT molecular complexity index is 2770. The molecule has 0 atom stereocenters. The Labute approximate surface area is 307 Å². The molecule has 0 heterocycles. The predicted molar refractivity (Wildman–Crippen MR) is 232 cm³/mol. The van der Waals surface area contributed by atoms with Crippen LogP contribution in [0.2, 0.25) is 0 Å². The SMILES string of the molecule is C.C.C=C/C=C(\C=C)c1ccccc1-c1c2ccccc2c(-c2ccc(-c3c4ccccc4cc4c3ccc3ccccc34)cc2)c2ccccc12. The summed E-state index contributed by atoms with van der Waals surface area (Å²) < 4.78 is 0. The molecule has 0 aliphatic rings. The molecular formula is C52H42. The second-order valence-corrected chi connectivity index (χ2v) is 12.9. The first kappa shape index (κ1) is 34.0. The molecule has 0 heteroatoms. The normalized spacial score (nSPS) is 11.4. The first-order chi connectivity index (χ1) is 24.7. The van der Waals surface area contributed by atoms with Crippen molar-refractivity contribution in [1.82, 2.24) is 0 Å². The van der Waals surface area contributed by atoms with E-state index < -0.39 is 0 Å². The molecule has 52 heavy (non-hydrogen) atoms. The van der Waals surface area contributed by atoms with Crippen molar-refractivity contribution >= 4 is 59.4 Å². The minimum atomic E-state index is 0. The number of hydrogen-bond donors (Lipinski definition) is 0. The highest BCUT2D eigenvalue weighted by atomic mass is 14.2. The smallest absolute Gasteiger partial charge is 0.00201 e. The summed E-state index contributed by atoms with van der Waals surface area (Å²) in [5.74, 6) is 0. The Kier molecular flexibility index (Phi) is 9.16. The van der Waals surface area contributed by atoms with Crippen molar-refractivity contribution in [1.29, 1.82) is 0 Å². The zero-order valence-electron chi connectivity index (χ0n) is 27.7. The van der Waals surface area contributed by atoms with Crippen molar-refractivity contribution in [3.8, 4) is 33.4 Å². The number of hydrogen-bond acceptors (Lipinski definition) is 0. The molecule has 0 fully saturated rings. The molecule has 0 N–H and O–H groups in total. The van der Waals surface area contributed by atoms with Crippen LogP contribution in [0.5, 0.6) is 0 Å². The molecule has 0 aliphatic carbocycles. The molecule has 0 aromatic heterocycles. The number of rotatable bonds is 6. The summed E-state index contributed by atoms with van der Waals surface area (Å²) in [5.41, 5.74) is 9.57. The Morgan fingerprint density at radius 2 is 0.846 bits per heavy atom. The molecule has 0 aliphatic heterocycles. The summed E-state index contributed by atoms with van der Waals surface area (Å²) in [6.07, 6.45) is 5.79.